The highest BCUT2D eigenvalue weighted by molar-refractivity contribution is 7.13. The number of likely N-dealkylation sites (tertiary alicyclic amines) is 1. The first-order chi connectivity index (χ1) is 29.2. The van der Waals surface area contributed by atoms with Gasteiger partial charge in [0.25, 0.3) is 0 Å². The molecule has 3 aromatic carbocycles. The van der Waals surface area contributed by atoms with Gasteiger partial charge in [-0.1, -0.05) is 81.4 Å². The molecule has 2 fully saturated rings. The largest absolute Gasteiger partial charge is 0.507 e. The van der Waals surface area contributed by atoms with Gasteiger partial charge in [0.15, 0.2) is 5.82 Å². The first-order valence-corrected chi connectivity index (χ1v) is 21.6. The van der Waals surface area contributed by atoms with Crippen LogP contribution in [0, 0.1) is 12.3 Å². The Hall–Kier alpha value is -5.74. The van der Waals surface area contributed by atoms with Crippen molar-refractivity contribution in [3.63, 3.8) is 0 Å². The molecule has 15 heteroatoms. The molecule has 0 bridgehead atoms. The van der Waals surface area contributed by atoms with Crippen LogP contribution in [0.3, 0.4) is 0 Å². The fourth-order valence-corrected chi connectivity index (χ4v) is 8.76. The number of rotatable bonds is 13. The Bertz CT molecular complexity index is 2320. The van der Waals surface area contributed by atoms with Crippen LogP contribution in [0.1, 0.15) is 50.4 Å². The van der Waals surface area contributed by atoms with Crippen molar-refractivity contribution in [1.82, 2.24) is 40.5 Å². The summed E-state index contributed by atoms with van der Waals surface area (Å²) in [6.45, 7) is 12.6. The number of anilines is 1. The highest BCUT2D eigenvalue weighted by atomic mass is 32.1. The van der Waals surface area contributed by atoms with E-state index in [1.807, 2.05) is 81.7 Å². The van der Waals surface area contributed by atoms with E-state index in [4.69, 9.17) is 5.73 Å². The van der Waals surface area contributed by atoms with E-state index in [0.29, 0.717) is 23.6 Å². The van der Waals surface area contributed by atoms with E-state index in [0.717, 1.165) is 71.1 Å². The number of para-hydroxylation sites is 1. The summed E-state index contributed by atoms with van der Waals surface area (Å²) in [4.78, 5) is 52.5. The number of phenolic OH excluding ortho intramolecular Hbond substituents is 1. The molecule has 0 unspecified atom stereocenters. The second-order valence-corrected chi connectivity index (χ2v) is 17.9. The molecule has 0 spiro atoms. The van der Waals surface area contributed by atoms with E-state index in [2.05, 4.69) is 47.7 Å². The standard InChI is InChI=1S/C46H55N9O5S/c1-29-41(61-28-49-29)33-15-9-30(10-16-33)25-48-44(59)38-23-34(56)27-55(38)45(60)42(46(2,3)4)50-40(58)17-18-53-19-21-54(22-20-53)26-31-11-13-32(14-12-31)36-24-37(51-52-43(36)47)35-7-5-6-8-39(35)57/h5-16,24,28,34,38,42,56-57H,17-23,25-27H2,1-4H3,(H2,47,52)(H,48,59)(H,50,58)/t34-,38+,42-/m1/s1. The summed E-state index contributed by atoms with van der Waals surface area (Å²) >= 11 is 1.58. The smallest absolute Gasteiger partial charge is 0.246 e. The number of nitrogens with two attached hydrogens (primary N) is 1. The lowest BCUT2D eigenvalue weighted by atomic mass is 9.85. The number of piperazine rings is 1. The number of hydrogen-bond donors (Lipinski definition) is 5. The minimum absolute atomic E-state index is 0.0231. The molecule has 6 N–H and O–H groups in total. The number of aryl methyl sites for hydroxylation is 1. The zero-order valence-electron chi connectivity index (χ0n) is 35.2. The number of aliphatic hydroxyl groups is 1. The van der Waals surface area contributed by atoms with Crippen molar-refractivity contribution in [2.24, 2.45) is 5.41 Å². The molecular formula is C46H55N9O5S. The molecule has 2 aromatic heterocycles. The molecule has 4 heterocycles. The number of aromatic hydroxyl groups is 1. The zero-order valence-corrected chi connectivity index (χ0v) is 36.0. The monoisotopic (exact) mass is 845 g/mol. The van der Waals surface area contributed by atoms with Gasteiger partial charge in [-0.3, -0.25) is 19.3 Å². The van der Waals surface area contributed by atoms with Crippen LogP contribution in [0.15, 0.2) is 84.4 Å². The third kappa shape index (κ3) is 10.6. The van der Waals surface area contributed by atoms with Crippen LogP contribution < -0.4 is 16.4 Å². The molecule has 7 rings (SSSR count). The van der Waals surface area contributed by atoms with Gasteiger partial charge in [0.1, 0.15) is 17.8 Å². The number of benzene rings is 3. The molecule has 0 aliphatic carbocycles. The maximum atomic E-state index is 14.1. The normalized spacial score (nSPS) is 17.9. The van der Waals surface area contributed by atoms with Gasteiger partial charge >= 0.3 is 0 Å². The minimum atomic E-state index is -0.878. The first-order valence-electron chi connectivity index (χ1n) is 20.7. The number of carbonyl (C=O) groups excluding carboxylic acids is 3. The lowest BCUT2D eigenvalue weighted by Gasteiger charge is -2.36. The summed E-state index contributed by atoms with van der Waals surface area (Å²) in [7, 11) is 0. The number of hydrogen-bond acceptors (Lipinski definition) is 12. The zero-order chi connectivity index (χ0) is 43.3. The van der Waals surface area contributed by atoms with Gasteiger partial charge in [-0.25, -0.2) is 4.98 Å². The van der Waals surface area contributed by atoms with Crippen molar-refractivity contribution >= 4 is 34.9 Å². The number of nitrogen functional groups attached to an aromatic ring is 1. The van der Waals surface area contributed by atoms with E-state index in [-0.39, 0.29) is 49.4 Å². The lowest BCUT2D eigenvalue weighted by Crippen LogP contribution is -2.58. The molecule has 3 amide bonds. The van der Waals surface area contributed by atoms with Crippen molar-refractivity contribution in [2.45, 2.75) is 71.8 Å². The van der Waals surface area contributed by atoms with Crippen LogP contribution >= 0.6 is 11.3 Å². The summed E-state index contributed by atoms with van der Waals surface area (Å²) in [6, 6.07) is 23.3. The molecule has 5 aromatic rings. The molecular weight excluding hydrogens is 791 g/mol. The van der Waals surface area contributed by atoms with E-state index >= 15 is 0 Å². The predicted molar refractivity (Wildman–Crippen MR) is 237 cm³/mol. The Morgan fingerprint density at radius 1 is 0.902 bits per heavy atom. The van der Waals surface area contributed by atoms with Crippen molar-refractivity contribution in [3.8, 4) is 38.6 Å². The first kappa shape index (κ1) is 43.4. The third-order valence-electron chi connectivity index (χ3n) is 11.5. The van der Waals surface area contributed by atoms with Gasteiger partial charge in [-0.05, 0) is 52.8 Å². The van der Waals surface area contributed by atoms with Crippen molar-refractivity contribution in [1.29, 1.82) is 0 Å². The van der Waals surface area contributed by atoms with E-state index < -0.39 is 23.6 Å². The fourth-order valence-electron chi connectivity index (χ4n) is 7.95. The van der Waals surface area contributed by atoms with E-state index in [9.17, 15) is 24.6 Å². The van der Waals surface area contributed by atoms with Crippen molar-refractivity contribution in [3.05, 3.63) is 101 Å². The Kier molecular flexibility index (Phi) is 13.4. The van der Waals surface area contributed by atoms with E-state index in [1.165, 1.54) is 4.90 Å². The molecule has 61 heavy (non-hydrogen) atoms. The SMILES string of the molecule is Cc1ncsc1-c1ccc(CNC(=O)[C@@H]2C[C@@H](O)CN2C(=O)[C@@H](NC(=O)CCN2CCN(Cc3ccc(-c4cc(-c5ccccc5O)nnc4N)cc3)CC2)C(C)(C)C)cc1. The average molecular weight is 846 g/mol. The molecule has 3 atom stereocenters. The average Bonchev–Trinajstić information content (AvgIpc) is 3.87. The van der Waals surface area contributed by atoms with Gasteiger partial charge in [-0.15, -0.1) is 21.5 Å². The van der Waals surface area contributed by atoms with Crippen molar-refractivity contribution in [2.75, 3.05) is 45.0 Å². The van der Waals surface area contributed by atoms with Crippen LogP contribution in [0.5, 0.6) is 5.75 Å². The molecule has 2 aliphatic rings. The molecule has 0 saturated carbocycles. The van der Waals surface area contributed by atoms with Gasteiger partial charge in [0.05, 0.1) is 27.9 Å². The highest BCUT2D eigenvalue weighted by Crippen LogP contribution is 2.33. The number of amides is 3. The number of nitrogens with one attached hydrogen (secondary N) is 2. The summed E-state index contributed by atoms with van der Waals surface area (Å²) in [5.74, 6) is -0.501. The number of aliphatic hydroxyl groups excluding tert-OH is 1. The summed E-state index contributed by atoms with van der Waals surface area (Å²) in [5, 5.41) is 35.2. The number of nitrogens with zero attached hydrogens (tertiary/aromatic N) is 6. The van der Waals surface area contributed by atoms with Crippen LogP contribution in [0.2, 0.25) is 0 Å². The number of aromatic nitrogens is 3. The lowest BCUT2D eigenvalue weighted by molar-refractivity contribution is -0.144. The summed E-state index contributed by atoms with van der Waals surface area (Å²) < 4.78 is 0. The Morgan fingerprint density at radius 3 is 2.25 bits per heavy atom. The van der Waals surface area contributed by atoms with Crippen LogP contribution in [-0.4, -0.2) is 115 Å². The molecule has 14 nitrogen and oxygen atoms in total. The number of β-amino-alcohol motifs (C(OH)–C–C–N with tert-alkyl or cyclic N) is 1. The summed E-state index contributed by atoms with van der Waals surface area (Å²) in [6.07, 6.45) is -0.483. The topological polar surface area (TPSA) is 190 Å². The van der Waals surface area contributed by atoms with Crippen molar-refractivity contribution < 1.29 is 24.6 Å². The molecule has 2 aliphatic heterocycles. The Labute approximate surface area is 360 Å². The van der Waals surface area contributed by atoms with Crippen LogP contribution in [0.25, 0.3) is 32.8 Å². The van der Waals surface area contributed by atoms with Gasteiger partial charge in [0, 0.05) is 76.3 Å². The van der Waals surface area contributed by atoms with Gasteiger partial charge in [0.2, 0.25) is 17.7 Å². The van der Waals surface area contributed by atoms with Crippen LogP contribution in [-0.2, 0) is 27.5 Å². The predicted octanol–water partition coefficient (Wildman–Crippen LogP) is 4.85. The molecule has 2 saturated heterocycles. The second-order valence-electron chi connectivity index (χ2n) is 17.1. The maximum Gasteiger partial charge on any atom is 0.246 e. The summed E-state index contributed by atoms with van der Waals surface area (Å²) in [5.41, 5.74) is 14.3. The Balaban J connectivity index is 0.874. The fraction of sp³-hybridized carbons (Fsp3) is 0.391. The molecule has 0 radical (unpaired) electrons. The Morgan fingerprint density at radius 2 is 1.57 bits per heavy atom. The quantitative estimate of drug-likeness (QED) is 0.109. The van der Waals surface area contributed by atoms with Crippen LogP contribution in [0.4, 0.5) is 5.82 Å². The third-order valence-corrected chi connectivity index (χ3v) is 12.5. The molecule has 320 valence electrons. The van der Waals surface area contributed by atoms with Gasteiger partial charge in [-0.2, -0.15) is 0 Å². The minimum Gasteiger partial charge on any atom is -0.507 e. The number of thiazole rings is 1. The highest BCUT2D eigenvalue weighted by Gasteiger charge is 2.44. The number of phenols is 1. The van der Waals surface area contributed by atoms with Gasteiger partial charge < -0.3 is 36.4 Å². The second kappa shape index (κ2) is 18.9. The van der Waals surface area contributed by atoms with E-state index in [1.54, 1.807) is 29.5 Å². The number of carbonyl (C=O) groups is 3. The maximum absolute atomic E-state index is 14.1.